The summed E-state index contributed by atoms with van der Waals surface area (Å²) in [5, 5.41) is 0. The van der Waals surface area contributed by atoms with Crippen molar-refractivity contribution in [3.05, 3.63) is 27.4 Å². The Bertz CT molecular complexity index is 440. The highest BCUT2D eigenvalue weighted by atomic mass is 32.2. The van der Waals surface area contributed by atoms with Gasteiger partial charge in [-0.15, -0.1) is 0 Å². The van der Waals surface area contributed by atoms with Crippen LogP contribution in [0.2, 0.25) is 0 Å². The minimum Gasteiger partial charge on any atom is -0.310 e. The van der Waals surface area contributed by atoms with Gasteiger partial charge in [0.25, 0.3) is 5.56 Å². The molecule has 0 aliphatic carbocycles. The molecule has 2 rings (SSSR count). The molecule has 2 heterocycles. The zero-order chi connectivity index (χ0) is 12.3. The molecule has 5 heteroatoms. The number of aromatic amines is 1. The molecule has 1 aliphatic heterocycles. The molecule has 0 saturated carbocycles. The summed E-state index contributed by atoms with van der Waals surface area (Å²) in [6, 6.07) is 0. The quantitative estimate of drug-likeness (QED) is 0.862. The van der Waals surface area contributed by atoms with Crippen LogP contribution in [-0.2, 0) is 17.9 Å². The number of thioether (sulfide) groups is 1. The van der Waals surface area contributed by atoms with Gasteiger partial charge in [0, 0.05) is 30.0 Å². The van der Waals surface area contributed by atoms with Gasteiger partial charge in [-0.2, -0.15) is 11.8 Å². The highest BCUT2D eigenvalue weighted by molar-refractivity contribution is 7.98. The fourth-order valence-electron chi connectivity index (χ4n) is 2.04. The maximum Gasteiger partial charge on any atom is 0.255 e. The molecule has 1 aromatic heterocycles. The van der Waals surface area contributed by atoms with Crippen molar-refractivity contribution in [3.8, 4) is 0 Å². The molecule has 0 bridgehead atoms. The highest BCUT2D eigenvalue weighted by Gasteiger charge is 2.17. The molecule has 17 heavy (non-hydrogen) atoms. The van der Waals surface area contributed by atoms with Gasteiger partial charge in [0.05, 0.1) is 5.69 Å². The Morgan fingerprint density at radius 2 is 2.12 bits per heavy atom. The molecule has 4 nitrogen and oxygen atoms in total. The second-order valence-corrected chi connectivity index (χ2v) is 5.19. The van der Waals surface area contributed by atoms with Crippen molar-refractivity contribution >= 4 is 11.8 Å². The van der Waals surface area contributed by atoms with E-state index in [2.05, 4.69) is 28.7 Å². The summed E-state index contributed by atoms with van der Waals surface area (Å²) in [5.41, 5.74) is 1.93. The number of hydrogen-bond donors (Lipinski definition) is 1. The van der Waals surface area contributed by atoms with Gasteiger partial charge in [-0.3, -0.25) is 4.79 Å². The average Bonchev–Trinajstić information content (AvgIpc) is 2.79. The normalized spacial score (nSPS) is 14.3. The van der Waals surface area contributed by atoms with E-state index in [4.69, 9.17) is 0 Å². The standard InChI is InChI=1S/C12H19N3OS/c1-3-15(4-2)6-5-11-13-10-8-17-7-9(10)12(16)14-11/h3-8H2,1-2H3,(H,13,14,16). The zero-order valence-electron chi connectivity index (χ0n) is 10.5. The van der Waals surface area contributed by atoms with Crippen LogP contribution < -0.4 is 5.56 Å². The second-order valence-electron chi connectivity index (χ2n) is 4.21. The third-order valence-corrected chi connectivity index (χ3v) is 4.16. The van der Waals surface area contributed by atoms with E-state index in [1.54, 1.807) is 11.8 Å². The minimum absolute atomic E-state index is 0.0644. The summed E-state index contributed by atoms with van der Waals surface area (Å²) in [5.74, 6) is 2.54. The lowest BCUT2D eigenvalue weighted by Crippen LogP contribution is -2.27. The van der Waals surface area contributed by atoms with E-state index in [1.165, 1.54) is 0 Å². The third kappa shape index (κ3) is 2.90. The lowest BCUT2D eigenvalue weighted by Gasteiger charge is -2.17. The number of aromatic nitrogens is 2. The van der Waals surface area contributed by atoms with Crippen LogP contribution in [0.15, 0.2) is 4.79 Å². The second kappa shape index (κ2) is 5.69. The number of nitrogens with one attached hydrogen (secondary N) is 1. The van der Waals surface area contributed by atoms with Crippen molar-refractivity contribution < 1.29 is 0 Å². The molecule has 0 saturated heterocycles. The van der Waals surface area contributed by atoms with Crippen molar-refractivity contribution in [2.45, 2.75) is 31.8 Å². The summed E-state index contributed by atoms with van der Waals surface area (Å²) < 4.78 is 0. The van der Waals surface area contributed by atoms with Crippen LogP contribution in [-0.4, -0.2) is 34.5 Å². The van der Waals surface area contributed by atoms with Crippen LogP contribution >= 0.6 is 11.8 Å². The maximum atomic E-state index is 11.8. The van der Waals surface area contributed by atoms with Gasteiger partial charge >= 0.3 is 0 Å². The molecule has 1 aromatic rings. The summed E-state index contributed by atoms with van der Waals surface area (Å²) in [6.07, 6.45) is 0.828. The summed E-state index contributed by atoms with van der Waals surface area (Å²) in [4.78, 5) is 21.6. The SMILES string of the molecule is CCN(CC)CCc1nc2c(c(=O)[nH]1)CSC2. The Morgan fingerprint density at radius 3 is 2.82 bits per heavy atom. The minimum atomic E-state index is 0.0644. The molecular formula is C12H19N3OS. The van der Waals surface area contributed by atoms with Gasteiger partial charge in [0.15, 0.2) is 0 Å². The van der Waals surface area contributed by atoms with Crippen molar-refractivity contribution in [1.29, 1.82) is 0 Å². The van der Waals surface area contributed by atoms with Gasteiger partial charge in [-0.1, -0.05) is 13.8 Å². The Labute approximate surface area is 106 Å². The van der Waals surface area contributed by atoms with E-state index in [0.717, 1.165) is 54.6 Å². The predicted octanol–water partition coefficient (Wildman–Crippen LogP) is 1.40. The lowest BCUT2D eigenvalue weighted by molar-refractivity contribution is 0.305. The fourth-order valence-corrected chi connectivity index (χ4v) is 3.07. The van der Waals surface area contributed by atoms with Crippen molar-refractivity contribution in [3.63, 3.8) is 0 Å². The monoisotopic (exact) mass is 253 g/mol. The fraction of sp³-hybridized carbons (Fsp3) is 0.667. The van der Waals surface area contributed by atoms with Crippen LogP contribution in [0.25, 0.3) is 0 Å². The van der Waals surface area contributed by atoms with Crippen LogP contribution in [0.5, 0.6) is 0 Å². The Hall–Kier alpha value is -0.810. The number of rotatable bonds is 5. The van der Waals surface area contributed by atoms with Crippen LogP contribution in [0, 0.1) is 0 Å². The third-order valence-electron chi connectivity index (χ3n) is 3.19. The van der Waals surface area contributed by atoms with Gasteiger partial charge in [-0.05, 0) is 13.1 Å². The molecule has 0 unspecified atom stereocenters. The van der Waals surface area contributed by atoms with E-state index >= 15 is 0 Å². The molecular weight excluding hydrogens is 234 g/mol. The van der Waals surface area contributed by atoms with Crippen LogP contribution in [0.4, 0.5) is 0 Å². The Balaban J connectivity index is 2.07. The molecule has 0 aromatic carbocycles. The number of nitrogens with zero attached hydrogens (tertiary/aromatic N) is 2. The number of likely N-dealkylation sites (N-methyl/N-ethyl adjacent to an activating group) is 1. The van der Waals surface area contributed by atoms with Gasteiger partial charge in [0.1, 0.15) is 5.82 Å². The first-order chi connectivity index (χ1) is 8.24. The van der Waals surface area contributed by atoms with Gasteiger partial charge in [-0.25, -0.2) is 4.98 Å². The number of H-pyrrole nitrogens is 1. The van der Waals surface area contributed by atoms with Crippen LogP contribution in [0.1, 0.15) is 30.9 Å². The van der Waals surface area contributed by atoms with Gasteiger partial charge < -0.3 is 9.88 Å². The molecule has 94 valence electrons. The first-order valence-electron chi connectivity index (χ1n) is 6.15. The maximum absolute atomic E-state index is 11.8. The van der Waals surface area contributed by atoms with Crippen LogP contribution in [0.3, 0.4) is 0 Å². The smallest absolute Gasteiger partial charge is 0.255 e. The predicted molar refractivity (Wildman–Crippen MR) is 71.3 cm³/mol. The molecule has 0 spiro atoms. The number of fused-ring (bicyclic) bond motifs is 1. The van der Waals surface area contributed by atoms with Crippen molar-refractivity contribution in [2.24, 2.45) is 0 Å². The largest absolute Gasteiger partial charge is 0.310 e. The van der Waals surface area contributed by atoms with E-state index in [1.807, 2.05) is 0 Å². The van der Waals surface area contributed by atoms with E-state index in [9.17, 15) is 4.79 Å². The Morgan fingerprint density at radius 1 is 1.35 bits per heavy atom. The molecule has 0 fully saturated rings. The summed E-state index contributed by atoms with van der Waals surface area (Å²) in [7, 11) is 0. The molecule has 1 N–H and O–H groups in total. The first-order valence-corrected chi connectivity index (χ1v) is 7.31. The molecule has 0 radical (unpaired) electrons. The van der Waals surface area contributed by atoms with E-state index in [0.29, 0.717) is 0 Å². The number of hydrogen-bond acceptors (Lipinski definition) is 4. The lowest BCUT2D eigenvalue weighted by atomic mass is 10.2. The zero-order valence-corrected chi connectivity index (χ0v) is 11.3. The van der Waals surface area contributed by atoms with E-state index in [-0.39, 0.29) is 5.56 Å². The molecule has 0 amide bonds. The first kappa shape index (κ1) is 12.6. The molecule has 1 aliphatic rings. The average molecular weight is 253 g/mol. The van der Waals surface area contributed by atoms with Crippen molar-refractivity contribution in [1.82, 2.24) is 14.9 Å². The van der Waals surface area contributed by atoms with Gasteiger partial charge in [0.2, 0.25) is 0 Å². The highest BCUT2D eigenvalue weighted by Crippen LogP contribution is 2.25. The van der Waals surface area contributed by atoms with Crippen molar-refractivity contribution in [2.75, 3.05) is 19.6 Å². The summed E-state index contributed by atoms with van der Waals surface area (Å²) >= 11 is 1.77. The molecule has 0 atom stereocenters. The summed E-state index contributed by atoms with van der Waals surface area (Å²) in [6.45, 7) is 7.35. The topological polar surface area (TPSA) is 49.0 Å². The Kier molecular flexibility index (Phi) is 4.23. The van der Waals surface area contributed by atoms with E-state index < -0.39 is 0 Å².